The largest absolute Gasteiger partial charge is 0.392 e. The Morgan fingerprint density at radius 1 is 1.21 bits per heavy atom. The van der Waals surface area contributed by atoms with Crippen molar-refractivity contribution in [2.45, 2.75) is 33.8 Å². The van der Waals surface area contributed by atoms with Gasteiger partial charge in [-0.3, -0.25) is 0 Å². The number of hydrogen-bond acceptors (Lipinski definition) is 4. The van der Waals surface area contributed by atoms with Gasteiger partial charge in [0.2, 0.25) is 0 Å². The zero-order chi connectivity index (χ0) is 14.4. The average molecular weight is 265 g/mol. The number of aromatic nitrogens is 1. The average Bonchev–Trinajstić information content (AvgIpc) is 2.33. The van der Waals surface area contributed by atoms with Gasteiger partial charge in [0.1, 0.15) is 5.82 Å². The molecule has 0 aliphatic carbocycles. The summed E-state index contributed by atoms with van der Waals surface area (Å²) in [5.41, 5.74) is 3.09. The summed E-state index contributed by atoms with van der Waals surface area (Å²) in [4.78, 5) is 9.08. The SMILES string of the molecule is CCN(CCCN(C)C)c1nc(C)cc(C)c1CO. The summed E-state index contributed by atoms with van der Waals surface area (Å²) < 4.78 is 0. The van der Waals surface area contributed by atoms with Crippen molar-refractivity contribution >= 4 is 5.82 Å². The van der Waals surface area contributed by atoms with Crippen molar-refractivity contribution in [1.82, 2.24) is 9.88 Å². The lowest BCUT2D eigenvalue weighted by Gasteiger charge is -2.26. The lowest BCUT2D eigenvalue weighted by molar-refractivity contribution is 0.280. The molecule has 0 radical (unpaired) electrons. The highest BCUT2D eigenvalue weighted by atomic mass is 16.3. The molecule has 19 heavy (non-hydrogen) atoms. The number of aliphatic hydroxyl groups is 1. The Morgan fingerprint density at radius 3 is 2.42 bits per heavy atom. The van der Waals surface area contributed by atoms with E-state index in [1.165, 1.54) is 0 Å². The van der Waals surface area contributed by atoms with Crippen LogP contribution in [0.2, 0.25) is 0 Å². The molecule has 1 aromatic heterocycles. The van der Waals surface area contributed by atoms with E-state index in [-0.39, 0.29) is 6.61 Å². The molecule has 0 saturated heterocycles. The van der Waals surface area contributed by atoms with Gasteiger partial charge in [-0.1, -0.05) is 0 Å². The molecule has 0 saturated carbocycles. The van der Waals surface area contributed by atoms with Crippen molar-refractivity contribution in [2.75, 3.05) is 38.6 Å². The number of hydrogen-bond donors (Lipinski definition) is 1. The van der Waals surface area contributed by atoms with Gasteiger partial charge in [0.25, 0.3) is 0 Å². The molecule has 0 unspecified atom stereocenters. The summed E-state index contributed by atoms with van der Waals surface area (Å²) in [5, 5.41) is 9.57. The minimum Gasteiger partial charge on any atom is -0.392 e. The minimum absolute atomic E-state index is 0.0542. The third-order valence-corrected chi connectivity index (χ3v) is 3.33. The van der Waals surface area contributed by atoms with Crippen LogP contribution in [0.5, 0.6) is 0 Å². The first-order chi connectivity index (χ1) is 8.99. The van der Waals surface area contributed by atoms with Crippen molar-refractivity contribution < 1.29 is 5.11 Å². The molecule has 0 bridgehead atoms. The standard InChI is InChI=1S/C15H27N3O/c1-6-18(9-7-8-17(4)5)15-14(11-19)12(2)10-13(3)16-15/h10,19H,6-9,11H2,1-5H3. The Labute approximate surface area is 117 Å². The van der Waals surface area contributed by atoms with Crippen LogP contribution in [0, 0.1) is 13.8 Å². The first-order valence-electron chi connectivity index (χ1n) is 6.97. The van der Waals surface area contributed by atoms with Crippen LogP contribution in [-0.2, 0) is 6.61 Å². The predicted molar refractivity (Wildman–Crippen MR) is 80.7 cm³/mol. The molecule has 0 spiro atoms. The predicted octanol–water partition coefficient (Wildman–Crippen LogP) is 1.97. The topological polar surface area (TPSA) is 39.6 Å². The number of anilines is 1. The van der Waals surface area contributed by atoms with Gasteiger partial charge in [-0.2, -0.15) is 0 Å². The van der Waals surface area contributed by atoms with E-state index in [1.807, 2.05) is 19.9 Å². The maximum atomic E-state index is 9.57. The molecule has 1 rings (SSSR count). The summed E-state index contributed by atoms with van der Waals surface area (Å²) >= 11 is 0. The second kappa shape index (κ2) is 7.46. The van der Waals surface area contributed by atoms with Crippen LogP contribution in [0.3, 0.4) is 0 Å². The van der Waals surface area contributed by atoms with E-state index < -0.39 is 0 Å². The first kappa shape index (κ1) is 15.9. The Hall–Kier alpha value is -1.13. The number of pyridine rings is 1. The van der Waals surface area contributed by atoms with E-state index in [1.54, 1.807) is 0 Å². The van der Waals surface area contributed by atoms with Crippen LogP contribution in [0.25, 0.3) is 0 Å². The lowest BCUT2D eigenvalue weighted by Crippen LogP contribution is -2.29. The molecule has 0 aliphatic heterocycles. The van der Waals surface area contributed by atoms with Gasteiger partial charge in [0, 0.05) is 24.3 Å². The third-order valence-electron chi connectivity index (χ3n) is 3.33. The van der Waals surface area contributed by atoms with Gasteiger partial charge in [-0.05, 0) is 59.5 Å². The van der Waals surface area contributed by atoms with Gasteiger partial charge in [0.05, 0.1) is 6.61 Å². The van der Waals surface area contributed by atoms with Crippen LogP contribution in [0.1, 0.15) is 30.2 Å². The molecule has 4 heteroatoms. The van der Waals surface area contributed by atoms with E-state index in [9.17, 15) is 5.11 Å². The summed E-state index contributed by atoms with van der Waals surface area (Å²) in [5.74, 6) is 0.946. The maximum absolute atomic E-state index is 9.57. The molecule has 4 nitrogen and oxygen atoms in total. The molecule has 0 amide bonds. The molecule has 0 aromatic carbocycles. The fourth-order valence-electron chi connectivity index (χ4n) is 2.29. The van der Waals surface area contributed by atoms with Crippen LogP contribution >= 0.6 is 0 Å². The van der Waals surface area contributed by atoms with Crippen LogP contribution in [-0.4, -0.2) is 48.7 Å². The van der Waals surface area contributed by atoms with Gasteiger partial charge in [-0.25, -0.2) is 4.98 Å². The number of rotatable bonds is 7. The highest BCUT2D eigenvalue weighted by molar-refractivity contribution is 5.51. The molecular formula is C15H27N3O. The second-order valence-electron chi connectivity index (χ2n) is 5.28. The molecule has 1 aromatic rings. The van der Waals surface area contributed by atoms with E-state index >= 15 is 0 Å². The number of aryl methyl sites for hydroxylation is 2. The fourth-order valence-corrected chi connectivity index (χ4v) is 2.29. The Kier molecular flexibility index (Phi) is 6.25. The summed E-state index contributed by atoms with van der Waals surface area (Å²) in [6, 6.07) is 2.03. The summed E-state index contributed by atoms with van der Waals surface area (Å²) in [6.45, 7) is 9.18. The van der Waals surface area contributed by atoms with E-state index in [2.05, 4.69) is 35.8 Å². The van der Waals surface area contributed by atoms with Crippen molar-refractivity contribution in [2.24, 2.45) is 0 Å². The number of aliphatic hydroxyl groups excluding tert-OH is 1. The Bertz CT molecular complexity index is 405. The highest BCUT2D eigenvalue weighted by Gasteiger charge is 2.13. The van der Waals surface area contributed by atoms with Gasteiger partial charge < -0.3 is 14.9 Å². The van der Waals surface area contributed by atoms with E-state index in [0.717, 1.165) is 48.7 Å². The summed E-state index contributed by atoms with van der Waals surface area (Å²) in [7, 11) is 4.18. The zero-order valence-corrected chi connectivity index (χ0v) is 12.9. The highest BCUT2D eigenvalue weighted by Crippen LogP contribution is 2.22. The van der Waals surface area contributed by atoms with Gasteiger partial charge in [0.15, 0.2) is 0 Å². The van der Waals surface area contributed by atoms with E-state index in [0.29, 0.717) is 0 Å². The maximum Gasteiger partial charge on any atom is 0.134 e. The Morgan fingerprint density at radius 2 is 1.89 bits per heavy atom. The summed E-state index contributed by atoms with van der Waals surface area (Å²) in [6.07, 6.45) is 1.10. The van der Waals surface area contributed by atoms with Crippen molar-refractivity contribution in [1.29, 1.82) is 0 Å². The second-order valence-corrected chi connectivity index (χ2v) is 5.28. The molecule has 1 heterocycles. The van der Waals surface area contributed by atoms with Crippen LogP contribution in [0.4, 0.5) is 5.82 Å². The first-order valence-corrected chi connectivity index (χ1v) is 6.97. The zero-order valence-electron chi connectivity index (χ0n) is 12.9. The molecule has 0 aliphatic rings. The van der Waals surface area contributed by atoms with E-state index in [4.69, 9.17) is 0 Å². The molecule has 0 fully saturated rings. The van der Waals surface area contributed by atoms with Gasteiger partial charge >= 0.3 is 0 Å². The normalized spacial score (nSPS) is 11.1. The van der Waals surface area contributed by atoms with Crippen molar-refractivity contribution in [3.63, 3.8) is 0 Å². The molecular weight excluding hydrogens is 238 g/mol. The quantitative estimate of drug-likeness (QED) is 0.818. The van der Waals surface area contributed by atoms with Crippen LogP contribution in [0.15, 0.2) is 6.07 Å². The minimum atomic E-state index is 0.0542. The Balaban J connectivity index is 2.90. The molecule has 108 valence electrons. The smallest absolute Gasteiger partial charge is 0.134 e. The fraction of sp³-hybridized carbons (Fsp3) is 0.667. The van der Waals surface area contributed by atoms with Gasteiger partial charge in [-0.15, -0.1) is 0 Å². The number of nitrogens with zero attached hydrogens (tertiary/aromatic N) is 3. The lowest BCUT2D eigenvalue weighted by atomic mass is 10.1. The third kappa shape index (κ3) is 4.48. The van der Waals surface area contributed by atoms with Crippen molar-refractivity contribution in [3.05, 3.63) is 22.9 Å². The molecule has 0 atom stereocenters. The van der Waals surface area contributed by atoms with Crippen LogP contribution < -0.4 is 4.90 Å². The van der Waals surface area contributed by atoms with Crippen molar-refractivity contribution in [3.8, 4) is 0 Å². The monoisotopic (exact) mass is 265 g/mol. The molecule has 1 N–H and O–H groups in total.